The first-order chi connectivity index (χ1) is 11.7. The molecule has 6 N–H and O–H groups in total. The Morgan fingerprint density at radius 1 is 0.792 bits per heavy atom. The van der Waals surface area contributed by atoms with Crippen LogP contribution in [0.2, 0.25) is 0 Å². The van der Waals surface area contributed by atoms with E-state index in [4.69, 9.17) is 4.74 Å². The van der Waals surface area contributed by atoms with Gasteiger partial charge in [-0.15, -0.1) is 0 Å². The van der Waals surface area contributed by atoms with Crippen molar-refractivity contribution in [1.29, 1.82) is 0 Å². The second-order valence-corrected chi connectivity index (χ2v) is 5.31. The quantitative estimate of drug-likeness (QED) is 0.313. The molecule has 3 heterocycles. The van der Waals surface area contributed by atoms with E-state index in [9.17, 15) is 15.3 Å². The van der Waals surface area contributed by atoms with E-state index in [0.717, 1.165) is 0 Å². The number of imidazole rings is 3. The highest BCUT2D eigenvalue weighted by molar-refractivity contribution is 5.27. The van der Waals surface area contributed by atoms with Crippen LogP contribution in [0.1, 0.15) is 11.6 Å². The van der Waals surface area contributed by atoms with E-state index >= 15 is 0 Å². The van der Waals surface area contributed by atoms with E-state index in [0.29, 0.717) is 0 Å². The molecule has 10 nitrogen and oxygen atoms in total. The molecule has 0 saturated heterocycles. The SMILES string of the molecule is OCC(CO)(CO)C(Oc1ncc[nH]1)(c1ncc[nH]1)c1ncc[nH]1. The zero-order valence-corrected chi connectivity index (χ0v) is 12.7. The molecule has 3 rings (SSSR count). The third kappa shape index (κ3) is 2.28. The normalized spacial score (nSPS) is 12.5. The molecular formula is C14H18N6O4. The van der Waals surface area contributed by atoms with Crippen LogP contribution in [-0.4, -0.2) is 65.0 Å². The second-order valence-electron chi connectivity index (χ2n) is 5.31. The zero-order valence-electron chi connectivity index (χ0n) is 12.7. The third-order valence-corrected chi connectivity index (χ3v) is 4.04. The van der Waals surface area contributed by atoms with Crippen LogP contribution in [0.4, 0.5) is 0 Å². The van der Waals surface area contributed by atoms with Crippen molar-refractivity contribution in [2.45, 2.75) is 5.60 Å². The maximum Gasteiger partial charge on any atom is 0.295 e. The van der Waals surface area contributed by atoms with Gasteiger partial charge in [0.05, 0.1) is 25.2 Å². The van der Waals surface area contributed by atoms with Gasteiger partial charge >= 0.3 is 0 Å². The zero-order chi connectivity index (χ0) is 17.0. The van der Waals surface area contributed by atoms with Gasteiger partial charge in [0.25, 0.3) is 6.01 Å². The van der Waals surface area contributed by atoms with E-state index in [1.165, 1.54) is 18.6 Å². The number of rotatable bonds is 8. The van der Waals surface area contributed by atoms with Gasteiger partial charge in [-0.25, -0.2) is 15.0 Å². The molecule has 24 heavy (non-hydrogen) atoms. The van der Waals surface area contributed by atoms with Gasteiger partial charge in [0, 0.05) is 37.2 Å². The van der Waals surface area contributed by atoms with Crippen molar-refractivity contribution < 1.29 is 20.1 Å². The summed E-state index contributed by atoms with van der Waals surface area (Å²) in [5.41, 5.74) is -3.19. The van der Waals surface area contributed by atoms with Gasteiger partial charge in [-0.05, 0) is 0 Å². The van der Waals surface area contributed by atoms with E-state index in [2.05, 4.69) is 29.9 Å². The number of hydrogen-bond acceptors (Lipinski definition) is 7. The number of aromatic nitrogens is 6. The van der Waals surface area contributed by atoms with Crippen molar-refractivity contribution in [2.24, 2.45) is 5.41 Å². The summed E-state index contributed by atoms with van der Waals surface area (Å²) in [6.07, 6.45) is 9.17. The molecule has 0 aliphatic rings. The number of aromatic amines is 3. The number of nitrogens with one attached hydrogen (secondary N) is 3. The van der Waals surface area contributed by atoms with Crippen LogP contribution < -0.4 is 4.74 Å². The highest BCUT2D eigenvalue weighted by Gasteiger charge is 2.60. The van der Waals surface area contributed by atoms with Crippen LogP contribution in [0.15, 0.2) is 37.2 Å². The highest BCUT2D eigenvalue weighted by Crippen LogP contribution is 2.45. The summed E-state index contributed by atoms with van der Waals surface area (Å²) in [4.78, 5) is 21.1. The predicted octanol–water partition coefficient (Wildman–Crippen LogP) is -0.858. The summed E-state index contributed by atoms with van der Waals surface area (Å²) in [6.45, 7) is -1.79. The molecule has 0 radical (unpaired) electrons. The van der Waals surface area contributed by atoms with Crippen LogP contribution in [-0.2, 0) is 5.60 Å². The number of hydrogen-bond donors (Lipinski definition) is 6. The van der Waals surface area contributed by atoms with Crippen molar-refractivity contribution in [3.8, 4) is 6.01 Å². The van der Waals surface area contributed by atoms with Crippen LogP contribution in [0.3, 0.4) is 0 Å². The molecule has 0 bridgehead atoms. The standard InChI is InChI=1S/C14H18N6O4/c21-7-13(8-22,9-23)14(10-15-1-2-16-10,11-17-3-4-18-11)24-12-19-5-6-20-12/h1-6,21-23H,7-9H2,(H,15,16)(H,17,18)(H,19,20). The Morgan fingerprint density at radius 2 is 1.29 bits per heavy atom. The Bertz CT molecular complexity index is 679. The maximum absolute atomic E-state index is 10.0. The molecule has 0 atom stereocenters. The fourth-order valence-electron chi connectivity index (χ4n) is 2.67. The molecule has 0 spiro atoms. The molecule has 0 fully saturated rings. The molecule has 10 heteroatoms. The van der Waals surface area contributed by atoms with Gasteiger partial charge in [0.15, 0.2) is 11.6 Å². The van der Waals surface area contributed by atoms with Crippen LogP contribution in [0, 0.1) is 5.41 Å². The molecular weight excluding hydrogens is 316 g/mol. The van der Waals surface area contributed by atoms with E-state index in [1.807, 2.05) is 0 Å². The van der Waals surface area contributed by atoms with E-state index in [-0.39, 0.29) is 17.7 Å². The number of nitrogens with zero attached hydrogens (tertiary/aromatic N) is 3. The Kier molecular flexibility index (Phi) is 4.34. The summed E-state index contributed by atoms with van der Waals surface area (Å²) in [7, 11) is 0. The minimum atomic E-state index is -1.64. The van der Waals surface area contributed by atoms with E-state index < -0.39 is 30.8 Å². The molecule has 0 aliphatic carbocycles. The number of aliphatic hydroxyl groups is 3. The lowest BCUT2D eigenvalue weighted by Crippen LogP contribution is -2.58. The Morgan fingerprint density at radius 3 is 1.67 bits per heavy atom. The van der Waals surface area contributed by atoms with Gasteiger partial charge < -0.3 is 35.0 Å². The summed E-state index contributed by atoms with van der Waals surface area (Å²) < 4.78 is 6.03. The molecule has 3 aromatic heterocycles. The maximum atomic E-state index is 10.0. The van der Waals surface area contributed by atoms with Gasteiger partial charge in [-0.1, -0.05) is 0 Å². The monoisotopic (exact) mass is 334 g/mol. The predicted molar refractivity (Wildman–Crippen MR) is 80.9 cm³/mol. The molecule has 0 aliphatic heterocycles. The largest absolute Gasteiger partial charge is 0.441 e. The first kappa shape index (κ1) is 16.2. The highest BCUT2D eigenvalue weighted by atomic mass is 16.5. The fraction of sp³-hybridized carbons (Fsp3) is 0.357. The van der Waals surface area contributed by atoms with Crippen LogP contribution >= 0.6 is 0 Å². The fourth-order valence-corrected chi connectivity index (χ4v) is 2.67. The first-order valence-electron chi connectivity index (χ1n) is 7.23. The lowest BCUT2D eigenvalue weighted by Gasteiger charge is -2.44. The van der Waals surface area contributed by atoms with Gasteiger partial charge in [-0.3, -0.25) is 0 Å². The summed E-state index contributed by atoms with van der Waals surface area (Å²) in [5.74, 6) is 0.483. The summed E-state index contributed by atoms with van der Waals surface area (Å²) in [6, 6.07) is 0.113. The smallest absolute Gasteiger partial charge is 0.295 e. The second kappa shape index (κ2) is 6.43. The van der Waals surface area contributed by atoms with Gasteiger partial charge in [-0.2, -0.15) is 0 Å². The average Bonchev–Trinajstić information content (AvgIpc) is 3.37. The Balaban J connectivity index is 2.28. The lowest BCUT2D eigenvalue weighted by molar-refractivity contribution is -0.132. The number of H-pyrrole nitrogens is 3. The average molecular weight is 334 g/mol. The molecule has 0 amide bonds. The summed E-state index contributed by atoms with van der Waals surface area (Å²) in [5, 5.41) is 30.1. The van der Waals surface area contributed by atoms with Crippen molar-refractivity contribution in [3.63, 3.8) is 0 Å². The number of aliphatic hydroxyl groups excluding tert-OH is 3. The third-order valence-electron chi connectivity index (χ3n) is 4.04. The minimum Gasteiger partial charge on any atom is -0.441 e. The summed E-state index contributed by atoms with van der Waals surface area (Å²) >= 11 is 0. The van der Waals surface area contributed by atoms with Crippen molar-refractivity contribution in [3.05, 3.63) is 48.8 Å². The Labute approximate surface area is 136 Å². The van der Waals surface area contributed by atoms with Crippen molar-refractivity contribution in [2.75, 3.05) is 19.8 Å². The minimum absolute atomic E-state index is 0.113. The van der Waals surface area contributed by atoms with E-state index in [1.54, 1.807) is 18.6 Å². The van der Waals surface area contributed by atoms with Crippen molar-refractivity contribution >= 4 is 0 Å². The molecule has 3 aromatic rings. The molecule has 0 aromatic carbocycles. The van der Waals surface area contributed by atoms with Gasteiger partial charge in [0.1, 0.15) is 0 Å². The molecule has 0 unspecified atom stereocenters. The lowest BCUT2D eigenvalue weighted by atomic mass is 9.71. The topological polar surface area (TPSA) is 156 Å². The Hall–Kier alpha value is -2.69. The van der Waals surface area contributed by atoms with Crippen LogP contribution in [0.25, 0.3) is 0 Å². The van der Waals surface area contributed by atoms with Crippen molar-refractivity contribution in [1.82, 2.24) is 29.9 Å². The van der Waals surface area contributed by atoms with Crippen LogP contribution in [0.5, 0.6) is 6.01 Å². The molecule has 0 saturated carbocycles. The first-order valence-corrected chi connectivity index (χ1v) is 7.23. The molecule has 128 valence electrons. The number of ether oxygens (including phenoxy) is 1. The van der Waals surface area contributed by atoms with Gasteiger partial charge in [0.2, 0.25) is 5.60 Å².